The van der Waals surface area contributed by atoms with E-state index in [-0.39, 0.29) is 4.90 Å². The van der Waals surface area contributed by atoms with Crippen molar-refractivity contribution in [3.63, 3.8) is 0 Å². The van der Waals surface area contributed by atoms with Crippen molar-refractivity contribution in [3.8, 4) is 21.7 Å². The zero-order valence-electron chi connectivity index (χ0n) is 17.5. The molecule has 0 saturated carbocycles. The number of rotatable bonds is 3. The largest absolute Gasteiger partial charge is 0.398 e. The number of hydrogen-bond acceptors (Lipinski definition) is 5. The second kappa shape index (κ2) is 7.41. The number of fused-ring (bicyclic) bond motifs is 2. The Balaban J connectivity index is 1.55. The van der Waals surface area contributed by atoms with Crippen LogP contribution in [0.5, 0.6) is 0 Å². The first kappa shape index (κ1) is 20.6. The predicted octanol–water partition coefficient (Wildman–Crippen LogP) is 6.23. The van der Waals surface area contributed by atoms with Crippen LogP contribution in [0.25, 0.3) is 42.7 Å². The first-order chi connectivity index (χ1) is 15.2. The highest BCUT2D eigenvalue weighted by Gasteiger charge is 2.20. The van der Waals surface area contributed by atoms with Crippen LogP contribution in [0.3, 0.4) is 0 Å². The normalized spacial score (nSPS) is 12.0. The third-order valence-electron chi connectivity index (χ3n) is 5.71. The fourth-order valence-electron chi connectivity index (χ4n) is 3.96. The summed E-state index contributed by atoms with van der Waals surface area (Å²) >= 11 is 1.26. The van der Waals surface area contributed by atoms with Gasteiger partial charge in [0.05, 0.1) is 10.2 Å². The number of nitrogens with two attached hydrogens (primary N) is 1. The zero-order chi connectivity index (χ0) is 22.6. The van der Waals surface area contributed by atoms with Gasteiger partial charge in [0.2, 0.25) is 0 Å². The third-order valence-corrected chi connectivity index (χ3v) is 8.02. The van der Waals surface area contributed by atoms with E-state index in [0.29, 0.717) is 20.8 Å². The lowest BCUT2D eigenvalue weighted by atomic mass is 9.98. The van der Waals surface area contributed by atoms with E-state index in [4.69, 9.17) is 5.73 Å². The number of nitrogens with zero attached hydrogens (tertiary/aromatic N) is 1. The molecule has 1 aromatic heterocycles. The van der Waals surface area contributed by atoms with Crippen molar-refractivity contribution in [1.29, 1.82) is 0 Å². The maximum atomic E-state index is 11.9. The summed E-state index contributed by atoms with van der Waals surface area (Å²) in [6.07, 6.45) is 0. The van der Waals surface area contributed by atoms with Crippen LogP contribution in [-0.4, -0.2) is 18.0 Å². The van der Waals surface area contributed by atoms with E-state index in [2.05, 4.69) is 23.2 Å². The minimum Gasteiger partial charge on any atom is -0.398 e. The van der Waals surface area contributed by atoms with Crippen LogP contribution < -0.4 is 5.73 Å². The molecule has 1 heterocycles. The lowest BCUT2D eigenvalue weighted by molar-refractivity contribution is 0.484. The highest BCUT2D eigenvalue weighted by molar-refractivity contribution is 7.86. The molecule has 7 heteroatoms. The van der Waals surface area contributed by atoms with Gasteiger partial charge in [-0.3, -0.25) is 4.55 Å². The monoisotopic (exact) mass is 460 g/mol. The van der Waals surface area contributed by atoms with Gasteiger partial charge < -0.3 is 5.73 Å². The van der Waals surface area contributed by atoms with Gasteiger partial charge in [-0.15, -0.1) is 11.3 Å². The number of nitrogen functional groups attached to an aromatic ring is 1. The Kier molecular flexibility index (Phi) is 4.78. The van der Waals surface area contributed by atoms with Crippen LogP contribution in [0.2, 0.25) is 0 Å². The summed E-state index contributed by atoms with van der Waals surface area (Å²) in [6, 6.07) is 21.8. The van der Waals surface area contributed by atoms with Crippen molar-refractivity contribution in [3.05, 3.63) is 77.9 Å². The Hall–Kier alpha value is -3.26. The van der Waals surface area contributed by atoms with Gasteiger partial charge in [-0.25, -0.2) is 4.98 Å². The zero-order valence-corrected chi connectivity index (χ0v) is 19.1. The summed E-state index contributed by atoms with van der Waals surface area (Å²) in [7, 11) is -4.33. The highest BCUT2D eigenvalue weighted by atomic mass is 32.2. The molecule has 0 bridgehead atoms. The molecule has 0 aliphatic rings. The summed E-state index contributed by atoms with van der Waals surface area (Å²) in [5.74, 6) is 0. The minimum atomic E-state index is -4.33. The molecule has 5 aromatic rings. The lowest BCUT2D eigenvalue weighted by Crippen LogP contribution is -2.00. The van der Waals surface area contributed by atoms with Crippen LogP contribution in [0, 0.1) is 13.8 Å². The van der Waals surface area contributed by atoms with E-state index < -0.39 is 10.1 Å². The fourth-order valence-corrected chi connectivity index (χ4v) is 6.28. The Labute approximate surface area is 189 Å². The molecule has 0 aliphatic heterocycles. The molecule has 5 rings (SSSR count). The first-order valence-electron chi connectivity index (χ1n) is 9.99. The van der Waals surface area contributed by atoms with Crippen LogP contribution in [0.15, 0.2) is 71.6 Å². The standard InChI is InChI=1S/C25H20N2O3S2/c1-14-3-5-19-13-18(10-11-20(19)22(14)26)16-6-8-17(9-7-16)25-27-21-12-4-15(2)24(23(21)31-25)32(28,29)30/h3-13H,26H2,1-2H3,(H,28,29,30). The van der Waals surface area contributed by atoms with E-state index in [1.165, 1.54) is 11.3 Å². The fraction of sp³-hybridized carbons (Fsp3) is 0.0800. The van der Waals surface area contributed by atoms with Crippen molar-refractivity contribution >= 4 is 48.1 Å². The van der Waals surface area contributed by atoms with Crippen molar-refractivity contribution in [1.82, 2.24) is 4.98 Å². The summed E-state index contributed by atoms with van der Waals surface area (Å²) in [4.78, 5) is 4.52. The van der Waals surface area contributed by atoms with Crippen molar-refractivity contribution in [2.24, 2.45) is 0 Å². The van der Waals surface area contributed by atoms with Gasteiger partial charge in [0.1, 0.15) is 9.90 Å². The molecule has 0 amide bonds. The smallest absolute Gasteiger partial charge is 0.296 e. The van der Waals surface area contributed by atoms with Crippen molar-refractivity contribution in [2.75, 3.05) is 5.73 Å². The molecule has 5 nitrogen and oxygen atoms in total. The van der Waals surface area contributed by atoms with Crippen LogP contribution in [-0.2, 0) is 10.1 Å². The average Bonchev–Trinajstić information content (AvgIpc) is 3.19. The quantitative estimate of drug-likeness (QED) is 0.246. The third kappa shape index (κ3) is 3.44. The number of thiazole rings is 1. The number of aromatic nitrogens is 1. The molecule has 0 fully saturated rings. The van der Waals surface area contributed by atoms with E-state index in [1.54, 1.807) is 19.1 Å². The highest BCUT2D eigenvalue weighted by Crippen LogP contribution is 2.37. The Bertz CT molecular complexity index is 1620. The maximum Gasteiger partial charge on any atom is 0.296 e. The Morgan fingerprint density at radius 1 is 0.844 bits per heavy atom. The van der Waals surface area contributed by atoms with Crippen LogP contribution >= 0.6 is 11.3 Å². The van der Waals surface area contributed by atoms with Gasteiger partial charge in [-0.1, -0.05) is 54.6 Å². The number of benzene rings is 4. The summed E-state index contributed by atoms with van der Waals surface area (Å²) in [5.41, 5.74) is 12.2. The molecule has 0 atom stereocenters. The lowest BCUT2D eigenvalue weighted by Gasteiger charge is -2.08. The van der Waals surface area contributed by atoms with Crippen molar-refractivity contribution in [2.45, 2.75) is 18.7 Å². The number of aryl methyl sites for hydroxylation is 2. The van der Waals surface area contributed by atoms with Gasteiger partial charge in [-0.2, -0.15) is 8.42 Å². The Morgan fingerprint density at radius 2 is 1.50 bits per heavy atom. The number of hydrogen-bond donors (Lipinski definition) is 2. The van der Waals surface area contributed by atoms with E-state index in [0.717, 1.165) is 38.7 Å². The van der Waals surface area contributed by atoms with E-state index in [9.17, 15) is 13.0 Å². The van der Waals surface area contributed by atoms with E-state index >= 15 is 0 Å². The molecular weight excluding hydrogens is 440 g/mol. The Morgan fingerprint density at radius 3 is 2.22 bits per heavy atom. The molecule has 0 aliphatic carbocycles. The summed E-state index contributed by atoms with van der Waals surface area (Å²) in [6.45, 7) is 3.67. The first-order valence-corrected chi connectivity index (χ1v) is 12.3. The van der Waals surface area contributed by atoms with Gasteiger partial charge in [0, 0.05) is 16.6 Å². The predicted molar refractivity (Wildman–Crippen MR) is 132 cm³/mol. The average molecular weight is 461 g/mol. The van der Waals surface area contributed by atoms with Gasteiger partial charge >= 0.3 is 0 Å². The molecule has 0 spiro atoms. The molecule has 0 saturated heterocycles. The van der Waals surface area contributed by atoms with E-state index in [1.807, 2.05) is 43.3 Å². The topological polar surface area (TPSA) is 93.3 Å². The van der Waals surface area contributed by atoms with Gasteiger partial charge in [0.15, 0.2) is 0 Å². The summed E-state index contributed by atoms with van der Waals surface area (Å²) in [5, 5.41) is 2.84. The van der Waals surface area contributed by atoms with Crippen LogP contribution in [0.1, 0.15) is 11.1 Å². The molecule has 3 N–H and O–H groups in total. The van der Waals surface area contributed by atoms with Gasteiger partial charge in [-0.05, 0) is 53.6 Å². The molecular formula is C25H20N2O3S2. The van der Waals surface area contributed by atoms with Crippen molar-refractivity contribution < 1.29 is 13.0 Å². The summed E-state index contributed by atoms with van der Waals surface area (Å²) < 4.78 is 33.9. The molecule has 160 valence electrons. The molecule has 32 heavy (non-hydrogen) atoms. The molecule has 4 aromatic carbocycles. The van der Waals surface area contributed by atoms with Crippen LogP contribution in [0.4, 0.5) is 5.69 Å². The SMILES string of the molecule is Cc1ccc2cc(-c3ccc(-c4nc5ccc(C)c(S(=O)(=O)O)c5s4)cc3)ccc2c1N. The minimum absolute atomic E-state index is 0.0685. The molecule has 0 radical (unpaired) electrons. The number of anilines is 1. The second-order valence-electron chi connectivity index (χ2n) is 7.86. The van der Waals surface area contributed by atoms with Gasteiger partial charge in [0.25, 0.3) is 10.1 Å². The molecule has 0 unspecified atom stereocenters. The maximum absolute atomic E-state index is 11.9. The second-order valence-corrected chi connectivity index (χ2v) is 10.2.